The van der Waals surface area contributed by atoms with Gasteiger partial charge in [-0.25, -0.2) is 22.0 Å². The molecule has 0 bridgehead atoms. The van der Waals surface area contributed by atoms with E-state index in [-0.39, 0.29) is 6.54 Å². The van der Waals surface area contributed by atoms with Crippen LogP contribution in [0.5, 0.6) is 0 Å². The number of halogens is 6. The predicted octanol–water partition coefficient (Wildman–Crippen LogP) is 3.08. The Balaban J connectivity index is 3.32. The van der Waals surface area contributed by atoms with Crippen molar-refractivity contribution in [1.29, 1.82) is 0 Å². The first-order chi connectivity index (χ1) is 8.68. The van der Waals surface area contributed by atoms with Gasteiger partial charge in [0.2, 0.25) is 5.82 Å². The topological polar surface area (TPSA) is 20.3 Å². The van der Waals surface area contributed by atoms with Crippen LogP contribution in [-0.2, 0) is 0 Å². The molecule has 1 rings (SSSR count). The Kier molecular flexibility index (Phi) is 4.73. The number of amides is 1. The van der Waals surface area contributed by atoms with E-state index in [4.69, 9.17) is 11.6 Å². The van der Waals surface area contributed by atoms with Crippen LogP contribution in [0.15, 0.2) is 0 Å². The zero-order valence-corrected chi connectivity index (χ0v) is 10.7. The van der Waals surface area contributed by atoms with Crippen LogP contribution in [0.4, 0.5) is 22.0 Å². The molecule has 1 aromatic carbocycles. The molecule has 0 aromatic heterocycles. The normalized spacial score (nSPS) is 12.4. The number of carbonyl (C=O) groups is 1. The average molecular weight is 302 g/mol. The fourth-order valence-electron chi connectivity index (χ4n) is 1.44. The third kappa shape index (κ3) is 2.97. The van der Waals surface area contributed by atoms with Crippen molar-refractivity contribution in [2.24, 2.45) is 0 Å². The van der Waals surface area contributed by atoms with Crippen molar-refractivity contribution in [3.63, 3.8) is 0 Å². The maximum Gasteiger partial charge on any atom is 0.259 e. The quantitative estimate of drug-likeness (QED) is 0.364. The molecule has 0 N–H and O–H groups in total. The van der Waals surface area contributed by atoms with Gasteiger partial charge in [-0.15, -0.1) is 11.6 Å². The van der Waals surface area contributed by atoms with E-state index in [1.165, 1.54) is 6.92 Å². The summed E-state index contributed by atoms with van der Waals surface area (Å²) in [5, 5.41) is -0.546. The van der Waals surface area contributed by atoms with Gasteiger partial charge in [-0.2, -0.15) is 0 Å². The number of benzene rings is 1. The van der Waals surface area contributed by atoms with Gasteiger partial charge in [-0.1, -0.05) is 0 Å². The minimum absolute atomic E-state index is 0.111. The van der Waals surface area contributed by atoms with Crippen LogP contribution >= 0.6 is 11.6 Å². The second-order valence-electron chi connectivity index (χ2n) is 3.91. The van der Waals surface area contributed by atoms with Crippen LogP contribution in [0.2, 0.25) is 0 Å². The maximum atomic E-state index is 13.3. The Hall–Kier alpha value is -1.37. The third-order valence-corrected chi connectivity index (χ3v) is 2.43. The molecule has 8 heteroatoms. The lowest BCUT2D eigenvalue weighted by atomic mass is 10.1. The molecule has 1 unspecified atom stereocenters. The summed E-state index contributed by atoms with van der Waals surface area (Å²) in [6.45, 7) is 1.39. The zero-order valence-electron chi connectivity index (χ0n) is 9.91. The Bertz CT molecular complexity index is 491. The molecular formula is C11H9ClF5NO. The Morgan fingerprint density at radius 3 is 1.79 bits per heavy atom. The average Bonchev–Trinajstić information content (AvgIpc) is 2.33. The standard InChI is InChI=1S/C11H9ClF5NO/c1-4(12)3-18(2)11(19)5-6(13)8(15)10(17)9(16)7(5)14/h4H,3H2,1-2H3. The third-order valence-electron chi connectivity index (χ3n) is 2.30. The van der Waals surface area contributed by atoms with E-state index in [0.717, 1.165) is 11.9 Å². The van der Waals surface area contributed by atoms with E-state index in [2.05, 4.69) is 0 Å². The molecular weight excluding hydrogens is 293 g/mol. The van der Waals surface area contributed by atoms with Crippen molar-refractivity contribution in [3.05, 3.63) is 34.6 Å². The lowest BCUT2D eigenvalue weighted by Gasteiger charge is -2.19. The van der Waals surface area contributed by atoms with Gasteiger partial charge in [-0.05, 0) is 6.92 Å². The van der Waals surface area contributed by atoms with E-state index >= 15 is 0 Å². The molecule has 1 aromatic rings. The number of rotatable bonds is 3. The molecule has 1 atom stereocenters. The summed E-state index contributed by atoms with van der Waals surface area (Å²) in [4.78, 5) is 12.4. The highest BCUT2D eigenvalue weighted by molar-refractivity contribution is 6.20. The van der Waals surface area contributed by atoms with Gasteiger partial charge in [0.25, 0.3) is 5.91 Å². The van der Waals surface area contributed by atoms with E-state index < -0.39 is 45.9 Å². The predicted molar refractivity (Wildman–Crippen MR) is 58.5 cm³/mol. The van der Waals surface area contributed by atoms with Crippen LogP contribution in [0.1, 0.15) is 17.3 Å². The van der Waals surface area contributed by atoms with Gasteiger partial charge in [0.15, 0.2) is 23.3 Å². The van der Waals surface area contributed by atoms with E-state index in [1.807, 2.05) is 0 Å². The number of nitrogens with zero attached hydrogens (tertiary/aromatic N) is 1. The summed E-state index contributed by atoms with van der Waals surface area (Å²) in [7, 11) is 1.14. The molecule has 0 spiro atoms. The van der Waals surface area contributed by atoms with Gasteiger partial charge in [0.05, 0.1) is 0 Å². The second kappa shape index (κ2) is 5.73. The highest BCUT2D eigenvalue weighted by Crippen LogP contribution is 2.24. The van der Waals surface area contributed by atoms with Gasteiger partial charge in [0, 0.05) is 19.0 Å². The number of alkyl halides is 1. The molecule has 2 nitrogen and oxygen atoms in total. The monoisotopic (exact) mass is 301 g/mol. The molecule has 0 fully saturated rings. The van der Waals surface area contributed by atoms with E-state index in [1.54, 1.807) is 0 Å². The Morgan fingerprint density at radius 1 is 1.05 bits per heavy atom. The van der Waals surface area contributed by atoms with Gasteiger partial charge < -0.3 is 4.90 Å². The largest absolute Gasteiger partial charge is 0.340 e. The van der Waals surface area contributed by atoms with Crippen molar-refractivity contribution in [2.75, 3.05) is 13.6 Å². The number of hydrogen-bond donors (Lipinski definition) is 0. The first-order valence-corrected chi connectivity index (χ1v) is 5.53. The van der Waals surface area contributed by atoms with E-state index in [0.29, 0.717) is 0 Å². The highest BCUT2D eigenvalue weighted by Gasteiger charge is 2.31. The minimum atomic E-state index is -2.31. The fraction of sp³-hybridized carbons (Fsp3) is 0.364. The van der Waals surface area contributed by atoms with Crippen molar-refractivity contribution < 1.29 is 26.7 Å². The molecule has 0 radical (unpaired) electrons. The summed E-state index contributed by atoms with van der Waals surface area (Å²) in [6.07, 6.45) is 0. The molecule has 0 aliphatic heterocycles. The molecule has 19 heavy (non-hydrogen) atoms. The lowest BCUT2D eigenvalue weighted by molar-refractivity contribution is 0.0783. The molecule has 0 heterocycles. The van der Waals surface area contributed by atoms with Crippen molar-refractivity contribution in [1.82, 2.24) is 4.90 Å². The van der Waals surface area contributed by atoms with Crippen molar-refractivity contribution in [3.8, 4) is 0 Å². The van der Waals surface area contributed by atoms with Crippen LogP contribution in [0.3, 0.4) is 0 Å². The summed E-state index contributed by atoms with van der Waals surface area (Å²) < 4.78 is 65.4. The van der Waals surface area contributed by atoms with Crippen molar-refractivity contribution >= 4 is 17.5 Å². The van der Waals surface area contributed by atoms with E-state index in [9.17, 15) is 26.7 Å². The van der Waals surface area contributed by atoms with Crippen LogP contribution in [0, 0.1) is 29.1 Å². The Labute approximate surface area is 110 Å². The Morgan fingerprint density at radius 2 is 1.42 bits per heavy atom. The molecule has 0 saturated heterocycles. The summed E-state index contributed by atoms with van der Waals surface area (Å²) in [5.41, 5.74) is -1.49. The van der Waals surface area contributed by atoms with Crippen LogP contribution in [-0.4, -0.2) is 29.8 Å². The highest BCUT2D eigenvalue weighted by atomic mass is 35.5. The second-order valence-corrected chi connectivity index (χ2v) is 4.66. The fourth-order valence-corrected chi connectivity index (χ4v) is 1.65. The van der Waals surface area contributed by atoms with Crippen LogP contribution in [0.25, 0.3) is 0 Å². The number of hydrogen-bond acceptors (Lipinski definition) is 1. The van der Waals surface area contributed by atoms with Crippen LogP contribution < -0.4 is 0 Å². The summed E-state index contributed by atoms with van der Waals surface area (Å²) in [6, 6.07) is 0. The van der Waals surface area contributed by atoms with Gasteiger partial charge in [-0.3, -0.25) is 4.79 Å². The van der Waals surface area contributed by atoms with Crippen molar-refractivity contribution in [2.45, 2.75) is 12.3 Å². The first-order valence-electron chi connectivity index (χ1n) is 5.09. The number of carbonyl (C=O) groups excluding carboxylic acids is 1. The molecule has 0 aliphatic carbocycles. The minimum Gasteiger partial charge on any atom is -0.340 e. The molecule has 106 valence electrons. The molecule has 0 saturated carbocycles. The summed E-state index contributed by atoms with van der Waals surface area (Å²) in [5.74, 6) is -12.3. The van der Waals surface area contributed by atoms with Gasteiger partial charge >= 0.3 is 0 Å². The summed E-state index contributed by atoms with van der Waals surface area (Å²) >= 11 is 5.58. The maximum absolute atomic E-state index is 13.3. The smallest absolute Gasteiger partial charge is 0.259 e. The first kappa shape index (κ1) is 15.7. The zero-order chi connectivity index (χ0) is 14.9. The molecule has 1 amide bonds. The SMILES string of the molecule is CC(Cl)CN(C)C(=O)c1c(F)c(F)c(F)c(F)c1F. The molecule has 0 aliphatic rings. The lowest BCUT2D eigenvalue weighted by Crippen LogP contribution is -2.33. The van der Waals surface area contributed by atoms with Gasteiger partial charge in [0.1, 0.15) is 5.56 Å².